The third-order valence-corrected chi connectivity index (χ3v) is 3.26. The molecule has 4 nitrogen and oxygen atoms in total. The van der Waals surface area contributed by atoms with Crippen LogP contribution in [0.3, 0.4) is 0 Å². The van der Waals surface area contributed by atoms with E-state index in [9.17, 15) is 4.79 Å². The van der Waals surface area contributed by atoms with Crippen LogP contribution < -0.4 is 9.47 Å². The van der Waals surface area contributed by atoms with Gasteiger partial charge in [-0.3, -0.25) is 4.79 Å². The summed E-state index contributed by atoms with van der Waals surface area (Å²) >= 11 is 3.40. The number of hydrogen-bond acceptors (Lipinski definition) is 3. The van der Waals surface area contributed by atoms with Crippen LogP contribution in [0.2, 0.25) is 0 Å². The van der Waals surface area contributed by atoms with E-state index >= 15 is 0 Å². The van der Waals surface area contributed by atoms with Crippen LogP contribution in [-0.4, -0.2) is 17.9 Å². The van der Waals surface area contributed by atoms with Gasteiger partial charge in [-0.25, -0.2) is 0 Å². The Morgan fingerprint density at radius 1 is 1.56 bits per heavy atom. The fourth-order valence-electron chi connectivity index (χ4n) is 1.59. The zero-order chi connectivity index (χ0) is 11.7. The van der Waals surface area contributed by atoms with Gasteiger partial charge < -0.3 is 14.6 Å². The number of carboxylic acid groups (broad SMARTS) is 1. The summed E-state index contributed by atoms with van der Waals surface area (Å²) in [5.74, 6) is 0.0636. The number of carboxylic acids is 1. The van der Waals surface area contributed by atoms with Crippen LogP contribution in [0.5, 0.6) is 11.5 Å². The van der Waals surface area contributed by atoms with Gasteiger partial charge in [0.15, 0.2) is 11.5 Å². The molecule has 0 radical (unpaired) electrons. The van der Waals surface area contributed by atoms with Crippen molar-refractivity contribution in [1.29, 1.82) is 0 Å². The SMILES string of the molecule is CC(Cc1c(Br)ccc2c1OCO2)C(=O)O. The smallest absolute Gasteiger partial charge is 0.306 e. The molecule has 0 amide bonds. The Kier molecular flexibility index (Phi) is 3.05. The molecule has 0 spiro atoms. The van der Waals surface area contributed by atoms with E-state index in [2.05, 4.69) is 15.9 Å². The first kappa shape index (κ1) is 11.3. The van der Waals surface area contributed by atoms with Gasteiger partial charge in [0.1, 0.15) is 0 Å². The van der Waals surface area contributed by atoms with Gasteiger partial charge in [-0.1, -0.05) is 22.9 Å². The number of benzene rings is 1. The van der Waals surface area contributed by atoms with Crippen LogP contribution in [-0.2, 0) is 11.2 Å². The summed E-state index contributed by atoms with van der Waals surface area (Å²) in [5, 5.41) is 8.90. The quantitative estimate of drug-likeness (QED) is 0.927. The predicted octanol–water partition coefficient (Wildman–Crippen LogP) is 2.44. The summed E-state index contributed by atoms with van der Waals surface area (Å²) in [6.45, 7) is 1.87. The van der Waals surface area contributed by atoms with Crippen LogP contribution in [0.1, 0.15) is 12.5 Å². The molecule has 0 fully saturated rings. The van der Waals surface area contributed by atoms with E-state index in [1.54, 1.807) is 13.0 Å². The molecule has 86 valence electrons. The Labute approximate surface area is 101 Å². The molecule has 16 heavy (non-hydrogen) atoms. The van der Waals surface area contributed by atoms with Gasteiger partial charge in [0.2, 0.25) is 6.79 Å². The van der Waals surface area contributed by atoms with Crippen LogP contribution in [0.4, 0.5) is 0 Å². The molecular weight excluding hydrogens is 276 g/mol. The number of carbonyl (C=O) groups is 1. The second-order valence-corrected chi connectivity index (χ2v) is 4.56. The van der Waals surface area contributed by atoms with Crippen LogP contribution in [0.15, 0.2) is 16.6 Å². The highest BCUT2D eigenvalue weighted by Gasteiger charge is 2.23. The van der Waals surface area contributed by atoms with E-state index in [1.807, 2.05) is 6.07 Å². The minimum Gasteiger partial charge on any atom is -0.481 e. The van der Waals surface area contributed by atoms with Crippen molar-refractivity contribution >= 4 is 21.9 Å². The van der Waals surface area contributed by atoms with Crippen molar-refractivity contribution < 1.29 is 19.4 Å². The first-order chi connectivity index (χ1) is 7.59. The fourth-order valence-corrected chi connectivity index (χ4v) is 2.06. The number of hydrogen-bond donors (Lipinski definition) is 1. The summed E-state index contributed by atoms with van der Waals surface area (Å²) < 4.78 is 11.4. The van der Waals surface area contributed by atoms with E-state index in [0.29, 0.717) is 17.9 Å². The van der Waals surface area contributed by atoms with Crippen LogP contribution in [0, 0.1) is 5.92 Å². The monoisotopic (exact) mass is 286 g/mol. The molecule has 1 aliphatic heterocycles. The zero-order valence-electron chi connectivity index (χ0n) is 8.70. The van der Waals surface area contributed by atoms with E-state index in [4.69, 9.17) is 14.6 Å². The number of aliphatic carboxylic acids is 1. The van der Waals surface area contributed by atoms with E-state index < -0.39 is 11.9 Å². The average molecular weight is 287 g/mol. The molecule has 1 N–H and O–H groups in total. The van der Waals surface area contributed by atoms with Crippen molar-refractivity contribution in [2.75, 3.05) is 6.79 Å². The first-order valence-corrected chi connectivity index (χ1v) is 5.68. The average Bonchev–Trinajstić information content (AvgIpc) is 2.70. The summed E-state index contributed by atoms with van der Waals surface area (Å²) in [4.78, 5) is 10.8. The van der Waals surface area contributed by atoms with Crippen LogP contribution >= 0.6 is 15.9 Å². The van der Waals surface area contributed by atoms with Gasteiger partial charge in [-0.05, 0) is 18.6 Å². The normalized spacial score (nSPS) is 14.9. The molecule has 1 aliphatic rings. The standard InChI is InChI=1S/C11H11BrO4/c1-6(11(13)14)4-7-8(12)2-3-9-10(7)16-5-15-9/h2-3,6H,4-5H2,1H3,(H,13,14). The molecule has 0 saturated heterocycles. The molecule has 0 aliphatic carbocycles. The van der Waals surface area contributed by atoms with Gasteiger partial charge in [0.05, 0.1) is 5.92 Å². The third-order valence-electron chi connectivity index (χ3n) is 2.52. The van der Waals surface area contributed by atoms with Gasteiger partial charge in [-0.2, -0.15) is 0 Å². The molecule has 2 rings (SSSR count). The third kappa shape index (κ3) is 2.00. The van der Waals surface area contributed by atoms with Crippen molar-refractivity contribution in [2.24, 2.45) is 5.92 Å². The molecule has 5 heteroatoms. The fraction of sp³-hybridized carbons (Fsp3) is 0.364. The lowest BCUT2D eigenvalue weighted by atomic mass is 10.0. The first-order valence-electron chi connectivity index (χ1n) is 4.89. The molecule has 1 aromatic rings. The maximum atomic E-state index is 10.8. The maximum Gasteiger partial charge on any atom is 0.306 e. The Bertz CT molecular complexity index is 430. The minimum absolute atomic E-state index is 0.195. The second-order valence-electron chi connectivity index (χ2n) is 3.70. The van der Waals surface area contributed by atoms with Crippen molar-refractivity contribution in [1.82, 2.24) is 0 Å². The highest BCUT2D eigenvalue weighted by molar-refractivity contribution is 9.10. The molecule has 1 atom stereocenters. The maximum absolute atomic E-state index is 10.8. The molecule has 1 unspecified atom stereocenters. The predicted molar refractivity (Wildman–Crippen MR) is 60.8 cm³/mol. The van der Waals surface area contributed by atoms with E-state index in [-0.39, 0.29) is 6.79 Å². The molecular formula is C11H11BrO4. The van der Waals surface area contributed by atoms with E-state index in [1.165, 1.54) is 0 Å². The van der Waals surface area contributed by atoms with Crippen molar-refractivity contribution in [3.05, 3.63) is 22.2 Å². The Morgan fingerprint density at radius 2 is 2.31 bits per heavy atom. The number of fused-ring (bicyclic) bond motifs is 1. The molecule has 1 aromatic carbocycles. The summed E-state index contributed by atoms with van der Waals surface area (Å²) in [6.07, 6.45) is 0.419. The second kappa shape index (κ2) is 4.33. The molecule has 0 saturated carbocycles. The minimum atomic E-state index is -0.816. The highest BCUT2D eigenvalue weighted by atomic mass is 79.9. The van der Waals surface area contributed by atoms with Crippen molar-refractivity contribution in [3.63, 3.8) is 0 Å². The summed E-state index contributed by atoms with van der Waals surface area (Å²) in [5.41, 5.74) is 0.852. The number of rotatable bonds is 3. The van der Waals surface area contributed by atoms with Gasteiger partial charge in [0.25, 0.3) is 0 Å². The Hall–Kier alpha value is -1.23. The van der Waals surface area contributed by atoms with Gasteiger partial charge in [-0.15, -0.1) is 0 Å². The highest BCUT2D eigenvalue weighted by Crippen LogP contribution is 2.40. The lowest BCUT2D eigenvalue weighted by Gasteiger charge is -2.11. The van der Waals surface area contributed by atoms with Gasteiger partial charge >= 0.3 is 5.97 Å². The molecule has 1 heterocycles. The van der Waals surface area contributed by atoms with Crippen LogP contribution in [0.25, 0.3) is 0 Å². The Balaban J connectivity index is 2.33. The molecule has 0 aromatic heterocycles. The van der Waals surface area contributed by atoms with Gasteiger partial charge in [0, 0.05) is 10.0 Å². The molecule has 0 bridgehead atoms. The zero-order valence-corrected chi connectivity index (χ0v) is 10.3. The topological polar surface area (TPSA) is 55.8 Å². The lowest BCUT2D eigenvalue weighted by Crippen LogP contribution is -2.13. The summed E-state index contributed by atoms with van der Waals surface area (Å²) in [7, 11) is 0. The van der Waals surface area contributed by atoms with E-state index in [0.717, 1.165) is 10.0 Å². The van der Waals surface area contributed by atoms with Crippen molar-refractivity contribution in [2.45, 2.75) is 13.3 Å². The lowest BCUT2D eigenvalue weighted by molar-refractivity contribution is -0.141. The number of ether oxygens (including phenoxy) is 2. The summed E-state index contributed by atoms with van der Waals surface area (Å²) in [6, 6.07) is 3.65. The largest absolute Gasteiger partial charge is 0.481 e. The Morgan fingerprint density at radius 3 is 3.00 bits per heavy atom. The van der Waals surface area contributed by atoms with Crippen molar-refractivity contribution in [3.8, 4) is 11.5 Å². The number of halogens is 1.